The monoisotopic (exact) mass is 431 g/mol. The number of hydrogen-bond acceptors (Lipinski definition) is 4. The third kappa shape index (κ3) is 6.17. The zero-order chi connectivity index (χ0) is 20.0. The summed E-state index contributed by atoms with van der Waals surface area (Å²) in [5.74, 6) is 0.544. The van der Waals surface area contributed by atoms with Crippen LogP contribution in [0.25, 0.3) is 0 Å². The van der Waals surface area contributed by atoms with Crippen LogP contribution in [0.4, 0.5) is 5.69 Å². The minimum atomic E-state index is -3.55. The van der Waals surface area contributed by atoms with E-state index in [1.165, 1.54) is 4.31 Å². The second-order valence-electron chi connectivity index (χ2n) is 7.28. The predicted octanol–water partition coefficient (Wildman–Crippen LogP) is 3.47. The molecule has 1 fully saturated rings. The lowest BCUT2D eigenvalue weighted by Crippen LogP contribution is -2.30. The number of rotatable bonds is 8. The Balaban J connectivity index is 0.00000392. The highest BCUT2D eigenvalue weighted by Gasteiger charge is 2.23. The van der Waals surface area contributed by atoms with Crippen LogP contribution in [0.2, 0.25) is 0 Å². The molecule has 1 aliphatic heterocycles. The molecule has 0 radical (unpaired) electrons. The molecule has 1 amide bonds. The first-order valence-electron chi connectivity index (χ1n) is 9.91. The van der Waals surface area contributed by atoms with Crippen molar-refractivity contribution < 1.29 is 13.2 Å². The normalized spacial score (nSPS) is 15.3. The van der Waals surface area contributed by atoms with Gasteiger partial charge in [0.05, 0.1) is 4.90 Å². The molecule has 28 heavy (non-hydrogen) atoms. The van der Waals surface area contributed by atoms with Gasteiger partial charge in [0, 0.05) is 25.2 Å². The number of carbonyl (C=O) groups excluding carboxylic acids is 1. The van der Waals surface area contributed by atoms with E-state index in [-0.39, 0.29) is 23.2 Å². The number of nitrogens with zero attached hydrogens (tertiary/aromatic N) is 1. The largest absolute Gasteiger partial charge is 0.326 e. The fraction of sp³-hybridized carbons (Fsp3) is 0.650. The maximum absolute atomic E-state index is 12.8. The van der Waals surface area contributed by atoms with Crippen molar-refractivity contribution in [2.24, 2.45) is 5.92 Å². The maximum Gasteiger partial charge on any atom is 0.243 e. The second-order valence-corrected chi connectivity index (χ2v) is 9.22. The number of halogens is 1. The quantitative estimate of drug-likeness (QED) is 0.660. The fourth-order valence-electron chi connectivity index (χ4n) is 3.54. The summed E-state index contributed by atoms with van der Waals surface area (Å²) in [7, 11) is -3.55. The van der Waals surface area contributed by atoms with Gasteiger partial charge in [-0.05, 0) is 75.4 Å². The molecule has 1 aliphatic rings. The molecule has 160 valence electrons. The molecule has 0 saturated carbocycles. The summed E-state index contributed by atoms with van der Waals surface area (Å²) in [6.07, 6.45) is 3.57. The summed E-state index contributed by atoms with van der Waals surface area (Å²) < 4.78 is 27.1. The van der Waals surface area contributed by atoms with Gasteiger partial charge in [-0.2, -0.15) is 4.31 Å². The molecule has 1 aromatic rings. The molecule has 0 atom stereocenters. The molecular formula is C20H34ClN3O3S. The van der Waals surface area contributed by atoms with Gasteiger partial charge in [-0.25, -0.2) is 8.42 Å². The first-order chi connectivity index (χ1) is 12.8. The zero-order valence-electron chi connectivity index (χ0n) is 17.4. The molecule has 0 aliphatic carbocycles. The van der Waals surface area contributed by atoms with Gasteiger partial charge in [0.1, 0.15) is 0 Å². The van der Waals surface area contributed by atoms with Crippen LogP contribution in [-0.4, -0.2) is 44.8 Å². The van der Waals surface area contributed by atoms with E-state index in [9.17, 15) is 13.2 Å². The van der Waals surface area contributed by atoms with Crippen molar-refractivity contribution in [1.82, 2.24) is 9.62 Å². The fourth-order valence-corrected chi connectivity index (χ4v) is 5.11. The van der Waals surface area contributed by atoms with Crippen molar-refractivity contribution >= 4 is 34.0 Å². The van der Waals surface area contributed by atoms with E-state index in [0.717, 1.165) is 43.5 Å². The Bertz CT molecular complexity index is 758. The van der Waals surface area contributed by atoms with E-state index < -0.39 is 10.0 Å². The summed E-state index contributed by atoms with van der Waals surface area (Å²) in [5, 5.41) is 6.27. The van der Waals surface area contributed by atoms with E-state index in [2.05, 4.69) is 10.6 Å². The van der Waals surface area contributed by atoms with Crippen LogP contribution in [0.1, 0.15) is 50.7 Å². The Labute approximate surface area is 175 Å². The molecule has 0 bridgehead atoms. The molecule has 8 heteroatoms. The highest BCUT2D eigenvalue weighted by molar-refractivity contribution is 7.89. The Morgan fingerprint density at radius 3 is 2.36 bits per heavy atom. The van der Waals surface area contributed by atoms with Crippen LogP contribution in [-0.2, 0) is 14.8 Å². The van der Waals surface area contributed by atoms with Gasteiger partial charge in [-0.1, -0.05) is 13.8 Å². The molecular weight excluding hydrogens is 398 g/mol. The number of nitrogens with one attached hydrogen (secondary N) is 2. The summed E-state index contributed by atoms with van der Waals surface area (Å²) >= 11 is 0. The van der Waals surface area contributed by atoms with Crippen molar-refractivity contribution in [3.63, 3.8) is 0 Å². The molecule has 1 aromatic carbocycles. The van der Waals surface area contributed by atoms with Crippen LogP contribution in [0.5, 0.6) is 0 Å². The van der Waals surface area contributed by atoms with Gasteiger partial charge >= 0.3 is 0 Å². The zero-order valence-corrected chi connectivity index (χ0v) is 19.0. The number of aryl methyl sites for hydroxylation is 1. The van der Waals surface area contributed by atoms with Crippen molar-refractivity contribution in [2.45, 2.75) is 58.3 Å². The van der Waals surface area contributed by atoms with Gasteiger partial charge in [0.2, 0.25) is 15.9 Å². The summed E-state index contributed by atoms with van der Waals surface area (Å²) in [5.41, 5.74) is 2.36. The molecule has 2 N–H and O–H groups in total. The standard InChI is InChI=1S/C20H33N3O3S.ClH/c1-5-23(6-2)27(25,26)18-13-15(3)16(4)19(14-18)22-20(24)8-7-17-9-11-21-12-10-17;/h13-14,17,21H,5-12H2,1-4H3,(H,22,24);1H. The van der Waals surface area contributed by atoms with Crippen LogP contribution in [0, 0.1) is 19.8 Å². The average molecular weight is 432 g/mol. The first-order valence-corrected chi connectivity index (χ1v) is 11.4. The van der Waals surface area contributed by atoms with Crippen LogP contribution < -0.4 is 10.6 Å². The number of sulfonamides is 1. The third-order valence-corrected chi connectivity index (χ3v) is 7.52. The summed E-state index contributed by atoms with van der Waals surface area (Å²) in [6.45, 7) is 10.3. The molecule has 0 aromatic heterocycles. The number of anilines is 1. The van der Waals surface area contributed by atoms with Gasteiger partial charge in [-0.15, -0.1) is 12.4 Å². The van der Waals surface area contributed by atoms with Crippen molar-refractivity contribution in [1.29, 1.82) is 0 Å². The molecule has 0 unspecified atom stereocenters. The molecule has 6 nitrogen and oxygen atoms in total. The lowest BCUT2D eigenvalue weighted by molar-refractivity contribution is -0.116. The highest BCUT2D eigenvalue weighted by Crippen LogP contribution is 2.27. The van der Waals surface area contributed by atoms with E-state index in [1.54, 1.807) is 12.1 Å². The number of carbonyl (C=O) groups is 1. The van der Waals surface area contributed by atoms with Crippen LogP contribution in [0.3, 0.4) is 0 Å². The van der Waals surface area contributed by atoms with Gasteiger partial charge in [0.15, 0.2) is 0 Å². The van der Waals surface area contributed by atoms with Crippen LogP contribution in [0.15, 0.2) is 17.0 Å². The maximum atomic E-state index is 12.8. The minimum Gasteiger partial charge on any atom is -0.326 e. The van der Waals surface area contributed by atoms with Gasteiger partial charge in [-0.3, -0.25) is 4.79 Å². The molecule has 1 heterocycles. The number of piperidine rings is 1. The van der Waals surface area contributed by atoms with Crippen molar-refractivity contribution in [3.05, 3.63) is 23.3 Å². The molecule has 2 rings (SSSR count). The summed E-state index contributed by atoms with van der Waals surface area (Å²) in [4.78, 5) is 12.7. The van der Waals surface area contributed by atoms with Gasteiger partial charge < -0.3 is 10.6 Å². The Morgan fingerprint density at radius 1 is 1.18 bits per heavy atom. The SMILES string of the molecule is CCN(CC)S(=O)(=O)c1cc(C)c(C)c(NC(=O)CCC2CCNCC2)c1.Cl. The lowest BCUT2D eigenvalue weighted by Gasteiger charge is -2.22. The molecule has 0 spiro atoms. The Morgan fingerprint density at radius 2 is 1.79 bits per heavy atom. The topological polar surface area (TPSA) is 78.5 Å². The number of amides is 1. The van der Waals surface area contributed by atoms with Crippen molar-refractivity contribution in [2.75, 3.05) is 31.5 Å². The smallest absolute Gasteiger partial charge is 0.243 e. The van der Waals surface area contributed by atoms with E-state index in [0.29, 0.717) is 31.1 Å². The predicted molar refractivity (Wildman–Crippen MR) is 117 cm³/mol. The van der Waals surface area contributed by atoms with Gasteiger partial charge in [0.25, 0.3) is 0 Å². The lowest BCUT2D eigenvalue weighted by atomic mass is 9.93. The minimum absolute atomic E-state index is 0. The van der Waals surface area contributed by atoms with E-state index in [4.69, 9.17) is 0 Å². The van der Waals surface area contributed by atoms with E-state index >= 15 is 0 Å². The third-order valence-electron chi connectivity index (χ3n) is 5.50. The Hall–Kier alpha value is -1.15. The van der Waals surface area contributed by atoms with E-state index in [1.807, 2.05) is 27.7 Å². The highest BCUT2D eigenvalue weighted by atomic mass is 35.5. The molecule has 1 saturated heterocycles. The Kier molecular flexibility index (Phi) is 9.90. The number of hydrogen-bond donors (Lipinski definition) is 2. The summed E-state index contributed by atoms with van der Waals surface area (Å²) in [6, 6.07) is 3.28. The average Bonchev–Trinajstić information content (AvgIpc) is 2.65. The van der Waals surface area contributed by atoms with Crippen LogP contribution >= 0.6 is 12.4 Å². The first kappa shape index (κ1) is 24.9. The van der Waals surface area contributed by atoms with Crippen molar-refractivity contribution in [3.8, 4) is 0 Å². The number of benzene rings is 1. The second kappa shape index (κ2) is 11.1.